The van der Waals surface area contributed by atoms with Gasteiger partial charge in [-0.15, -0.1) is 0 Å². The third kappa shape index (κ3) is 1.54. The van der Waals surface area contributed by atoms with Crippen LogP contribution in [0.5, 0.6) is 5.75 Å². The number of anilines is 1. The lowest BCUT2D eigenvalue weighted by Gasteiger charge is -2.25. The summed E-state index contributed by atoms with van der Waals surface area (Å²) in [5, 5.41) is 10.2. The molecule has 0 saturated carbocycles. The molecule has 1 amide bonds. The molecule has 112 valence electrons. The molecule has 0 aromatic heterocycles. The van der Waals surface area contributed by atoms with Crippen LogP contribution in [0.3, 0.4) is 0 Å². The molecule has 1 N–H and O–H groups in total. The summed E-state index contributed by atoms with van der Waals surface area (Å²) in [5.74, 6) is 0.771. The van der Waals surface area contributed by atoms with Crippen LogP contribution in [-0.2, 0) is 11.2 Å². The van der Waals surface area contributed by atoms with Crippen LogP contribution in [0.15, 0.2) is 30.3 Å². The second-order valence-electron chi connectivity index (χ2n) is 6.44. The van der Waals surface area contributed by atoms with E-state index in [1.54, 1.807) is 6.92 Å². The Kier molecular flexibility index (Phi) is 2.65. The van der Waals surface area contributed by atoms with Crippen LogP contribution in [0.1, 0.15) is 46.7 Å². The number of nitrogens with zero attached hydrogens (tertiary/aromatic N) is 1. The first-order valence-electron chi connectivity index (χ1n) is 7.71. The number of amides is 1. The smallest absolute Gasteiger partial charge is 0.224 e. The number of aryl methyl sites for hydroxylation is 1. The standard InChI is InChI=1S/C19H19NO2/c1-10-8-15-14(11(2)19(10)22)9-16-13-6-4-5-7-17(13)20(12(3)21)18(15)16/h4-8,16,18,22H,9H2,1-3H3/t16-,18-/m1/s1. The number of carbonyl (C=O) groups excluding carboxylic acids is 1. The Bertz CT molecular complexity index is 809. The molecule has 2 aromatic carbocycles. The summed E-state index contributed by atoms with van der Waals surface area (Å²) in [4.78, 5) is 14.2. The molecule has 0 unspecified atom stereocenters. The van der Waals surface area contributed by atoms with Crippen molar-refractivity contribution in [1.82, 2.24) is 0 Å². The number of fused-ring (bicyclic) bond motifs is 5. The molecule has 0 radical (unpaired) electrons. The number of phenolic OH excluding ortho intramolecular Hbond substituents is 1. The van der Waals surface area contributed by atoms with Gasteiger partial charge in [0.25, 0.3) is 0 Å². The van der Waals surface area contributed by atoms with Crippen molar-refractivity contribution in [3.05, 3.63) is 58.1 Å². The lowest BCUT2D eigenvalue weighted by molar-refractivity contribution is -0.117. The number of benzene rings is 2. The molecule has 0 fully saturated rings. The third-order valence-electron chi connectivity index (χ3n) is 5.24. The molecule has 1 aliphatic heterocycles. The maximum absolute atomic E-state index is 12.3. The molecule has 4 rings (SSSR count). The fourth-order valence-electron chi connectivity index (χ4n) is 4.26. The summed E-state index contributed by atoms with van der Waals surface area (Å²) in [5.41, 5.74) is 6.54. The average molecular weight is 293 g/mol. The Labute approximate surface area is 130 Å². The van der Waals surface area contributed by atoms with Crippen LogP contribution < -0.4 is 4.90 Å². The monoisotopic (exact) mass is 293 g/mol. The molecule has 0 saturated heterocycles. The van der Waals surface area contributed by atoms with E-state index in [0.29, 0.717) is 11.7 Å². The minimum atomic E-state index is 0.0721. The second kappa shape index (κ2) is 4.35. The van der Waals surface area contributed by atoms with E-state index in [9.17, 15) is 9.90 Å². The molecule has 2 aromatic rings. The number of hydrogen-bond acceptors (Lipinski definition) is 2. The molecular weight excluding hydrogens is 274 g/mol. The van der Waals surface area contributed by atoms with Gasteiger partial charge in [-0.05, 0) is 54.2 Å². The minimum Gasteiger partial charge on any atom is -0.507 e. The van der Waals surface area contributed by atoms with E-state index in [0.717, 1.165) is 23.2 Å². The van der Waals surface area contributed by atoms with Gasteiger partial charge < -0.3 is 10.0 Å². The van der Waals surface area contributed by atoms with Crippen LogP contribution in [0, 0.1) is 13.8 Å². The van der Waals surface area contributed by atoms with E-state index >= 15 is 0 Å². The Morgan fingerprint density at radius 1 is 1.23 bits per heavy atom. The van der Waals surface area contributed by atoms with E-state index in [1.807, 2.05) is 36.9 Å². The van der Waals surface area contributed by atoms with Crippen LogP contribution in [-0.4, -0.2) is 11.0 Å². The number of carbonyl (C=O) groups is 1. The van der Waals surface area contributed by atoms with Crippen molar-refractivity contribution in [2.75, 3.05) is 4.90 Å². The van der Waals surface area contributed by atoms with Gasteiger partial charge in [0, 0.05) is 18.5 Å². The van der Waals surface area contributed by atoms with Gasteiger partial charge in [-0.3, -0.25) is 4.79 Å². The van der Waals surface area contributed by atoms with Crippen LogP contribution in [0.4, 0.5) is 5.69 Å². The van der Waals surface area contributed by atoms with Gasteiger partial charge in [-0.2, -0.15) is 0 Å². The van der Waals surface area contributed by atoms with Crippen molar-refractivity contribution >= 4 is 11.6 Å². The van der Waals surface area contributed by atoms with Gasteiger partial charge in [0.15, 0.2) is 0 Å². The van der Waals surface area contributed by atoms with E-state index in [2.05, 4.69) is 12.1 Å². The van der Waals surface area contributed by atoms with Crippen LogP contribution in [0.2, 0.25) is 0 Å². The zero-order valence-electron chi connectivity index (χ0n) is 13.1. The molecule has 0 spiro atoms. The molecule has 3 nitrogen and oxygen atoms in total. The predicted octanol–water partition coefficient (Wildman–Crippen LogP) is 3.76. The fraction of sp³-hybridized carbons (Fsp3) is 0.316. The molecule has 1 aliphatic carbocycles. The van der Waals surface area contributed by atoms with E-state index < -0.39 is 0 Å². The Morgan fingerprint density at radius 2 is 1.95 bits per heavy atom. The minimum absolute atomic E-state index is 0.0721. The highest BCUT2D eigenvalue weighted by Gasteiger charge is 2.46. The molecule has 0 bridgehead atoms. The van der Waals surface area contributed by atoms with Gasteiger partial charge in [-0.1, -0.05) is 24.3 Å². The fourth-order valence-corrected chi connectivity index (χ4v) is 4.26. The normalized spacial score (nSPS) is 21.5. The van der Waals surface area contributed by atoms with Crippen molar-refractivity contribution in [2.45, 2.75) is 39.2 Å². The van der Waals surface area contributed by atoms with Crippen molar-refractivity contribution in [3.63, 3.8) is 0 Å². The van der Waals surface area contributed by atoms with Crippen molar-refractivity contribution in [3.8, 4) is 5.75 Å². The zero-order valence-corrected chi connectivity index (χ0v) is 13.1. The zero-order chi connectivity index (χ0) is 15.6. The Balaban J connectivity index is 1.96. The lowest BCUT2D eigenvalue weighted by Crippen LogP contribution is -2.29. The van der Waals surface area contributed by atoms with Crippen LogP contribution >= 0.6 is 0 Å². The summed E-state index contributed by atoms with van der Waals surface area (Å²) in [7, 11) is 0. The SMILES string of the molecule is CC(=O)N1c2ccccc2[C@H]2Cc3c(cc(C)c(O)c3C)[C@H]21. The first-order chi connectivity index (χ1) is 10.5. The van der Waals surface area contributed by atoms with Gasteiger partial charge in [0.1, 0.15) is 5.75 Å². The summed E-state index contributed by atoms with van der Waals surface area (Å²) >= 11 is 0. The lowest BCUT2D eigenvalue weighted by atomic mass is 9.96. The summed E-state index contributed by atoms with van der Waals surface area (Å²) in [6.45, 7) is 5.54. The van der Waals surface area contributed by atoms with E-state index in [-0.39, 0.29) is 11.9 Å². The quantitative estimate of drug-likeness (QED) is 0.803. The summed E-state index contributed by atoms with van der Waals surface area (Å²) in [6.07, 6.45) is 0.889. The number of phenols is 1. The van der Waals surface area contributed by atoms with Gasteiger partial charge in [0.05, 0.1) is 6.04 Å². The molecule has 2 atom stereocenters. The number of hydrogen-bond donors (Lipinski definition) is 1. The van der Waals surface area contributed by atoms with E-state index in [1.165, 1.54) is 16.7 Å². The number of rotatable bonds is 0. The number of aromatic hydroxyl groups is 1. The highest BCUT2D eigenvalue weighted by atomic mass is 16.3. The van der Waals surface area contributed by atoms with Crippen molar-refractivity contribution < 1.29 is 9.90 Å². The maximum atomic E-state index is 12.3. The topological polar surface area (TPSA) is 40.5 Å². The molecule has 1 heterocycles. The highest BCUT2D eigenvalue weighted by Crippen LogP contribution is 2.56. The summed E-state index contributed by atoms with van der Waals surface area (Å²) < 4.78 is 0. The third-order valence-corrected chi connectivity index (χ3v) is 5.24. The molecule has 2 aliphatic rings. The van der Waals surface area contributed by atoms with Crippen molar-refractivity contribution in [2.24, 2.45) is 0 Å². The number of para-hydroxylation sites is 1. The molecule has 22 heavy (non-hydrogen) atoms. The van der Waals surface area contributed by atoms with Gasteiger partial charge in [0.2, 0.25) is 5.91 Å². The first kappa shape index (κ1) is 13.4. The Hall–Kier alpha value is -2.29. The van der Waals surface area contributed by atoms with Gasteiger partial charge in [-0.25, -0.2) is 0 Å². The van der Waals surface area contributed by atoms with E-state index in [4.69, 9.17) is 0 Å². The second-order valence-corrected chi connectivity index (χ2v) is 6.44. The first-order valence-corrected chi connectivity index (χ1v) is 7.71. The summed E-state index contributed by atoms with van der Waals surface area (Å²) in [6, 6.07) is 10.3. The highest BCUT2D eigenvalue weighted by molar-refractivity contribution is 5.96. The van der Waals surface area contributed by atoms with Crippen LogP contribution in [0.25, 0.3) is 0 Å². The Morgan fingerprint density at radius 3 is 2.68 bits per heavy atom. The molecule has 3 heteroatoms. The van der Waals surface area contributed by atoms with Gasteiger partial charge >= 0.3 is 0 Å². The predicted molar refractivity (Wildman–Crippen MR) is 86.4 cm³/mol. The average Bonchev–Trinajstić information content (AvgIpc) is 3.00. The molecular formula is C19H19NO2. The largest absolute Gasteiger partial charge is 0.507 e. The maximum Gasteiger partial charge on any atom is 0.224 e. The van der Waals surface area contributed by atoms with Crippen molar-refractivity contribution in [1.29, 1.82) is 0 Å².